The number of nitro groups is 1. The highest BCUT2D eigenvalue weighted by molar-refractivity contribution is 5.47. The summed E-state index contributed by atoms with van der Waals surface area (Å²) < 4.78 is 0. The quantitative estimate of drug-likeness (QED) is 0.675. The Labute approximate surface area is 141 Å². The van der Waals surface area contributed by atoms with Gasteiger partial charge in [-0.15, -0.1) is 0 Å². The van der Waals surface area contributed by atoms with Crippen LogP contribution in [0.15, 0.2) is 42.6 Å². The zero-order chi connectivity index (χ0) is 17.1. The van der Waals surface area contributed by atoms with Crippen molar-refractivity contribution in [2.24, 2.45) is 5.92 Å². The molecule has 24 heavy (non-hydrogen) atoms. The third-order valence-electron chi connectivity index (χ3n) is 4.55. The summed E-state index contributed by atoms with van der Waals surface area (Å²) in [4.78, 5) is 17.1. The fourth-order valence-electron chi connectivity index (χ4n) is 3.23. The van der Waals surface area contributed by atoms with Gasteiger partial charge in [-0.2, -0.15) is 0 Å². The molecule has 0 amide bonds. The van der Waals surface area contributed by atoms with E-state index in [0.717, 1.165) is 19.6 Å². The van der Waals surface area contributed by atoms with Gasteiger partial charge in [0.1, 0.15) is 12.0 Å². The first kappa shape index (κ1) is 16.4. The Morgan fingerprint density at radius 3 is 2.75 bits per heavy atom. The van der Waals surface area contributed by atoms with E-state index in [4.69, 9.17) is 0 Å². The van der Waals surface area contributed by atoms with Gasteiger partial charge >= 0.3 is 0 Å². The highest BCUT2D eigenvalue weighted by atomic mass is 16.6. The minimum absolute atomic E-state index is 0.0609. The van der Waals surface area contributed by atoms with E-state index >= 15 is 0 Å². The first-order chi connectivity index (χ1) is 11.5. The lowest BCUT2D eigenvalue weighted by molar-refractivity contribution is -0.385. The van der Waals surface area contributed by atoms with E-state index in [2.05, 4.69) is 46.4 Å². The maximum absolute atomic E-state index is 10.9. The van der Waals surface area contributed by atoms with E-state index in [9.17, 15) is 10.1 Å². The third kappa shape index (κ3) is 3.71. The van der Waals surface area contributed by atoms with Gasteiger partial charge in [0, 0.05) is 31.2 Å². The number of likely N-dealkylation sites (tertiary alicyclic amines) is 1. The van der Waals surface area contributed by atoms with Crippen LogP contribution < -0.4 is 5.32 Å². The predicted octanol–water partition coefficient (Wildman–Crippen LogP) is 3.23. The molecule has 0 saturated carbocycles. The van der Waals surface area contributed by atoms with Gasteiger partial charge in [-0.05, 0) is 24.5 Å². The summed E-state index contributed by atoms with van der Waals surface area (Å²) in [5.74, 6) is 1.20. The Morgan fingerprint density at radius 1 is 1.33 bits per heavy atom. The molecule has 6 nitrogen and oxygen atoms in total. The minimum atomic E-state index is -0.397. The molecular formula is C18H22N4O2. The smallest absolute Gasteiger partial charge is 0.290 e. The Morgan fingerprint density at radius 2 is 2.08 bits per heavy atom. The molecule has 2 atom stereocenters. The zero-order valence-electron chi connectivity index (χ0n) is 14.0. The summed E-state index contributed by atoms with van der Waals surface area (Å²) >= 11 is 0. The normalized spacial score (nSPS) is 20.9. The Balaban J connectivity index is 1.63. The van der Waals surface area contributed by atoms with E-state index in [0.29, 0.717) is 23.3 Å². The van der Waals surface area contributed by atoms with Gasteiger partial charge in [0.2, 0.25) is 0 Å². The summed E-state index contributed by atoms with van der Waals surface area (Å²) in [6.45, 7) is 6.87. The van der Waals surface area contributed by atoms with Gasteiger partial charge in [-0.25, -0.2) is 4.98 Å². The Bertz CT molecular complexity index is 720. The van der Waals surface area contributed by atoms with Crippen LogP contribution in [-0.4, -0.2) is 33.9 Å². The first-order valence-corrected chi connectivity index (χ1v) is 8.17. The molecule has 2 aromatic rings. The average Bonchev–Trinajstić information content (AvgIpc) is 2.87. The molecule has 126 valence electrons. The van der Waals surface area contributed by atoms with Crippen LogP contribution >= 0.6 is 0 Å². The van der Waals surface area contributed by atoms with E-state index in [1.54, 1.807) is 13.0 Å². The molecule has 1 saturated heterocycles. The number of hydrogen-bond acceptors (Lipinski definition) is 5. The lowest BCUT2D eigenvalue weighted by Gasteiger charge is -2.18. The maximum atomic E-state index is 10.9. The molecule has 0 aliphatic carbocycles. The second-order valence-electron chi connectivity index (χ2n) is 6.52. The molecule has 1 N–H and O–H groups in total. The lowest BCUT2D eigenvalue weighted by Crippen LogP contribution is -2.28. The van der Waals surface area contributed by atoms with Gasteiger partial charge in [0.25, 0.3) is 5.69 Å². The third-order valence-corrected chi connectivity index (χ3v) is 4.55. The van der Waals surface area contributed by atoms with Gasteiger partial charge < -0.3 is 5.32 Å². The van der Waals surface area contributed by atoms with E-state index in [-0.39, 0.29) is 5.69 Å². The van der Waals surface area contributed by atoms with Crippen LogP contribution in [0.3, 0.4) is 0 Å². The number of anilines is 1. The highest BCUT2D eigenvalue weighted by Crippen LogP contribution is 2.24. The fourth-order valence-corrected chi connectivity index (χ4v) is 3.23. The molecule has 1 aromatic carbocycles. The zero-order valence-corrected chi connectivity index (χ0v) is 14.0. The molecule has 0 bridgehead atoms. The Hall–Kier alpha value is -2.47. The fraction of sp³-hybridized carbons (Fsp3) is 0.389. The van der Waals surface area contributed by atoms with E-state index < -0.39 is 4.92 Å². The highest BCUT2D eigenvalue weighted by Gasteiger charge is 2.29. The van der Waals surface area contributed by atoms with Gasteiger partial charge in [-0.1, -0.05) is 37.3 Å². The topological polar surface area (TPSA) is 71.3 Å². The van der Waals surface area contributed by atoms with Crippen molar-refractivity contribution in [3.8, 4) is 0 Å². The summed E-state index contributed by atoms with van der Waals surface area (Å²) in [7, 11) is 0. The van der Waals surface area contributed by atoms with Crippen molar-refractivity contribution in [2.75, 3.05) is 18.4 Å². The molecule has 2 unspecified atom stereocenters. The minimum Gasteiger partial charge on any atom is -0.366 e. The van der Waals surface area contributed by atoms with Crippen molar-refractivity contribution in [1.82, 2.24) is 9.88 Å². The van der Waals surface area contributed by atoms with Crippen molar-refractivity contribution >= 4 is 11.5 Å². The predicted molar refractivity (Wildman–Crippen MR) is 93.9 cm³/mol. The molecule has 3 rings (SSSR count). The second kappa shape index (κ2) is 6.97. The number of benzene rings is 1. The molecule has 1 aliphatic rings. The van der Waals surface area contributed by atoms with Gasteiger partial charge in [0.05, 0.1) is 4.92 Å². The number of aryl methyl sites for hydroxylation is 1. The van der Waals surface area contributed by atoms with Crippen molar-refractivity contribution in [1.29, 1.82) is 0 Å². The first-order valence-electron chi connectivity index (χ1n) is 8.17. The molecule has 2 heterocycles. The van der Waals surface area contributed by atoms with Crippen LogP contribution in [0.25, 0.3) is 0 Å². The number of hydrogen-bond donors (Lipinski definition) is 1. The van der Waals surface area contributed by atoms with Crippen molar-refractivity contribution in [2.45, 2.75) is 26.4 Å². The van der Waals surface area contributed by atoms with E-state index in [1.807, 2.05) is 6.07 Å². The summed E-state index contributed by atoms with van der Waals surface area (Å²) in [6.07, 6.45) is 1.33. The summed E-state index contributed by atoms with van der Waals surface area (Å²) in [5, 5.41) is 14.3. The molecule has 1 aromatic heterocycles. The number of pyridine rings is 1. The maximum Gasteiger partial charge on any atom is 0.290 e. The number of rotatable bonds is 5. The largest absolute Gasteiger partial charge is 0.366 e. The lowest BCUT2D eigenvalue weighted by atomic mass is 10.1. The number of nitrogens with zero attached hydrogens (tertiary/aromatic N) is 3. The van der Waals surface area contributed by atoms with Crippen molar-refractivity contribution in [3.63, 3.8) is 0 Å². The van der Waals surface area contributed by atoms with E-state index in [1.165, 1.54) is 11.8 Å². The molecule has 0 radical (unpaired) electrons. The molecule has 0 spiro atoms. The van der Waals surface area contributed by atoms with Crippen LogP contribution in [-0.2, 0) is 6.54 Å². The van der Waals surface area contributed by atoms with Crippen LogP contribution in [0, 0.1) is 23.0 Å². The standard InChI is InChI=1S/C18H22N4O2/c1-13-8-18(19-9-17(13)22(23)24)20-16-12-21(10-14(16)2)11-15-6-4-3-5-7-15/h3-9,14,16H,10-12H2,1-2H3,(H,19,20). The van der Waals surface area contributed by atoms with Crippen LogP contribution in [0.5, 0.6) is 0 Å². The Kier molecular flexibility index (Phi) is 4.76. The molecule has 1 fully saturated rings. The van der Waals surface area contributed by atoms with Crippen molar-refractivity contribution in [3.05, 3.63) is 63.8 Å². The van der Waals surface area contributed by atoms with Crippen LogP contribution in [0.2, 0.25) is 0 Å². The van der Waals surface area contributed by atoms with Crippen LogP contribution in [0.4, 0.5) is 11.5 Å². The number of aromatic nitrogens is 1. The monoisotopic (exact) mass is 326 g/mol. The van der Waals surface area contributed by atoms with Gasteiger partial charge in [0.15, 0.2) is 0 Å². The number of nitrogens with one attached hydrogen (secondary N) is 1. The average molecular weight is 326 g/mol. The summed E-state index contributed by atoms with van der Waals surface area (Å²) in [5.41, 5.74) is 2.00. The summed E-state index contributed by atoms with van der Waals surface area (Å²) in [6, 6.07) is 12.5. The van der Waals surface area contributed by atoms with Crippen molar-refractivity contribution < 1.29 is 4.92 Å². The molecular weight excluding hydrogens is 304 g/mol. The SMILES string of the molecule is Cc1cc(NC2CN(Cc3ccccc3)CC2C)ncc1[N+](=O)[O-]. The second-order valence-corrected chi connectivity index (χ2v) is 6.52. The molecule has 1 aliphatic heterocycles. The van der Waals surface area contributed by atoms with Gasteiger partial charge in [-0.3, -0.25) is 15.0 Å². The van der Waals surface area contributed by atoms with Crippen LogP contribution in [0.1, 0.15) is 18.1 Å². The molecule has 6 heteroatoms.